The molecule has 9 heteroatoms. The van der Waals surface area contributed by atoms with Crippen molar-refractivity contribution in [1.82, 2.24) is 19.6 Å². The number of hydrogen-bond acceptors (Lipinski definition) is 6. The van der Waals surface area contributed by atoms with E-state index in [0.29, 0.717) is 13.1 Å². The van der Waals surface area contributed by atoms with Crippen molar-refractivity contribution in [2.75, 3.05) is 71.2 Å². The fourth-order valence-corrected chi connectivity index (χ4v) is 4.67. The molecule has 2 heterocycles. The fourth-order valence-electron chi connectivity index (χ4n) is 3.39. The highest BCUT2D eigenvalue weighted by Crippen LogP contribution is 2.13. The molecule has 0 aromatic carbocycles. The van der Waals surface area contributed by atoms with E-state index in [1.807, 2.05) is 0 Å². The van der Waals surface area contributed by atoms with E-state index in [1.54, 1.807) is 11.8 Å². The molecule has 150 valence electrons. The van der Waals surface area contributed by atoms with Crippen LogP contribution in [0.1, 0.15) is 20.8 Å². The third-order valence-corrected chi connectivity index (χ3v) is 7.62. The van der Waals surface area contributed by atoms with Crippen LogP contribution < -0.4 is 0 Å². The van der Waals surface area contributed by atoms with Gasteiger partial charge in [0, 0.05) is 52.4 Å². The first kappa shape index (κ1) is 21.1. The Bertz CT molecular complexity index is 594. The number of hydrogen-bond donors (Lipinski definition) is 0. The maximum Gasteiger partial charge on any atom is 0.312 e. The Balaban J connectivity index is 2.04. The first-order valence-electron chi connectivity index (χ1n) is 9.53. The van der Waals surface area contributed by atoms with E-state index in [9.17, 15) is 18.0 Å². The molecule has 0 radical (unpaired) electrons. The lowest BCUT2D eigenvalue weighted by Crippen LogP contribution is -2.54. The number of nitrogens with zero attached hydrogens (tertiary/aromatic N) is 4. The predicted octanol–water partition coefficient (Wildman–Crippen LogP) is -0.882. The smallest absolute Gasteiger partial charge is 0.312 e. The van der Waals surface area contributed by atoms with Crippen molar-refractivity contribution < 1.29 is 18.0 Å². The monoisotopic (exact) mass is 388 g/mol. The highest BCUT2D eigenvalue weighted by atomic mass is 32.2. The van der Waals surface area contributed by atoms with Gasteiger partial charge in [0.15, 0.2) is 9.84 Å². The molecule has 0 aromatic rings. The van der Waals surface area contributed by atoms with Crippen molar-refractivity contribution in [3.8, 4) is 0 Å². The minimum atomic E-state index is -3.15. The zero-order valence-corrected chi connectivity index (χ0v) is 17.0. The van der Waals surface area contributed by atoms with E-state index in [0.717, 1.165) is 39.3 Å². The first-order valence-corrected chi connectivity index (χ1v) is 11.2. The van der Waals surface area contributed by atoms with Crippen LogP contribution in [0.5, 0.6) is 0 Å². The maximum absolute atomic E-state index is 12.8. The molecule has 0 bridgehead atoms. The molecule has 8 nitrogen and oxygen atoms in total. The average molecular weight is 389 g/mol. The summed E-state index contributed by atoms with van der Waals surface area (Å²) in [7, 11) is -3.15. The average Bonchev–Trinajstić information content (AvgIpc) is 2.72. The number of amides is 2. The summed E-state index contributed by atoms with van der Waals surface area (Å²) in [6, 6.07) is 0. The summed E-state index contributed by atoms with van der Waals surface area (Å²) < 4.78 is 23.7. The summed E-state index contributed by atoms with van der Waals surface area (Å²) in [6.07, 6.45) is 0. The van der Waals surface area contributed by atoms with E-state index in [2.05, 4.69) is 23.6 Å². The van der Waals surface area contributed by atoms with Crippen molar-refractivity contribution in [1.29, 1.82) is 0 Å². The Morgan fingerprint density at radius 3 is 1.73 bits per heavy atom. The van der Waals surface area contributed by atoms with Gasteiger partial charge < -0.3 is 19.6 Å². The summed E-state index contributed by atoms with van der Waals surface area (Å²) in [5.41, 5.74) is 0. The highest BCUT2D eigenvalue weighted by molar-refractivity contribution is 7.92. The number of likely N-dealkylation sites (N-methyl/N-ethyl adjacent to an activating group) is 2. The Morgan fingerprint density at radius 1 is 0.808 bits per heavy atom. The van der Waals surface area contributed by atoms with E-state index < -0.39 is 26.9 Å². The van der Waals surface area contributed by atoms with Gasteiger partial charge in [0.1, 0.15) is 0 Å². The SMILES string of the molecule is CCN1CCN(CC)CCN(C(=O)C(=O)N2CCS(=O)(=O)[C@H](C)C2)CC1. The molecule has 2 amide bonds. The van der Waals surface area contributed by atoms with Crippen molar-refractivity contribution in [2.45, 2.75) is 26.0 Å². The molecule has 0 saturated carbocycles. The van der Waals surface area contributed by atoms with Crippen LogP contribution in [0.25, 0.3) is 0 Å². The molecule has 0 spiro atoms. The predicted molar refractivity (Wildman–Crippen MR) is 101 cm³/mol. The first-order chi connectivity index (χ1) is 12.3. The lowest BCUT2D eigenvalue weighted by molar-refractivity contribution is -0.152. The van der Waals surface area contributed by atoms with Gasteiger partial charge in [-0.25, -0.2) is 8.42 Å². The van der Waals surface area contributed by atoms with Crippen molar-refractivity contribution >= 4 is 21.7 Å². The number of carbonyl (C=O) groups excluding carboxylic acids is 2. The van der Waals surface area contributed by atoms with Gasteiger partial charge in [-0.2, -0.15) is 0 Å². The largest absolute Gasteiger partial charge is 0.332 e. The minimum Gasteiger partial charge on any atom is -0.332 e. The summed E-state index contributed by atoms with van der Waals surface area (Å²) in [5, 5.41) is -0.616. The van der Waals surface area contributed by atoms with Crippen LogP contribution in [-0.4, -0.2) is 116 Å². The van der Waals surface area contributed by atoms with Crippen molar-refractivity contribution in [3.05, 3.63) is 0 Å². The Kier molecular flexibility index (Phi) is 7.42. The molecule has 2 rings (SSSR count). The van der Waals surface area contributed by atoms with Crippen LogP contribution in [0.3, 0.4) is 0 Å². The van der Waals surface area contributed by atoms with E-state index >= 15 is 0 Å². The van der Waals surface area contributed by atoms with Gasteiger partial charge in [-0.3, -0.25) is 9.59 Å². The molecule has 2 fully saturated rings. The lowest BCUT2D eigenvalue weighted by atomic mass is 10.3. The Hall–Kier alpha value is -1.19. The second-order valence-electron chi connectivity index (χ2n) is 7.09. The Labute approximate surface area is 157 Å². The Morgan fingerprint density at radius 2 is 1.27 bits per heavy atom. The summed E-state index contributed by atoms with van der Waals surface area (Å²) in [5.74, 6) is -1.15. The number of sulfone groups is 1. The fraction of sp³-hybridized carbons (Fsp3) is 0.882. The molecule has 0 N–H and O–H groups in total. The van der Waals surface area contributed by atoms with Gasteiger partial charge in [-0.15, -0.1) is 0 Å². The molecule has 2 aliphatic heterocycles. The minimum absolute atomic E-state index is 0.0690. The van der Waals surface area contributed by atoms with E-state index in [1.165, 1.54) is 4.90 Å². The third-order valence-electron chi connectivity index (χ3n) is 5.49. The molecule has 26 heavy (non-hydrogen) atoms. The van der Waals surface area contributed by atoms with Gasteiger partial charge in [-0.05, 0) is 20.0 Å². The topological polar surface area (TPSA) is 81.2 Å². The standard InChI is InChI=1S/C17H32N4O4S/c1-4-18-6-7-19(5-2)9-11-20(10-8-18)16(22)17(23)21-12-13-26(24,25)15(3)14-21/h15H,4-14H2,1-3H3/t15-/m1/s1. The summed E-state index contributed by atoms with van der Waals surface area (Å²) >= 11 is 0. The van der Waals surface area contributed by atoms with Gasteiger partial charge in [0.05, 0.1) is 11.0 Å². The quantitative estimate of drug-likeness (QED) is 0.572. The summed E-state index contributed by atoms with van der Waals surface area (Å²) in [4.78, 5) is 33.0. The third kappa shape index (κ3) is 5.17. The van der Waals surface area contributed by atoms with Crippen LogP contribution in [0.4, 0.5) is 0 Å². The normalized spacial score (nSPS) is 26.0. The van der Waals surface area contributed by atoms with Crippen LogP contribution in [-0.2, 0) is 19.4 Å². The molecule has 2 aliphatic rings. The maximum atomic E-state index is 12.8. The van der Waals surface area contributed by atoms with Crippen LogP contribution in [0.2, 0.25) is 0 Å². The highest BCUT2D eigenvalue weighted by Gasteiger charge is 2.35. The number of rotatable bonds is 2. The van der Waals surface area contributed by atoms with Crippen molar-refractivity contribution in [3.63, 3.8) is 0 Å². The molecule has 0 aromatic heterocycles. The van der Waals surface area contributed by atoms with E-state index in [4.69, 9.17) is 0 Å². The second-order valence-corrected chi connectivity index (χ2v) is 9.63. The van der Waals surface area contributed by atoms with Gasteiger partial charge in [-0.1, -0.05) is 13.8 Å². The molecule has 0 unspecified atom stereocenters. The molecule has 0 aliphatic carbocycles. The van der Waals surface area contributed by atoms with Gasteiger partial charge in [0.2, 0.25) is 0 Å². The lowest BCUT2D eigenvalue weighted by Gasteiger charge is -2.32. The number of carbonyl (C=O) groups is 2. The van der Waals surface area contributed by atoms with Gasteiger partial charge in [0.25, 0.3) is 0 Å². The molecule has 2 saturated heterocycles. The summed E-state index contributed by atoms with van der Waals surface area (Å²) in [6.45, 7) is 12.3. The van der Waals surface area contributed by atoms with E-state index in [-0.39, 0.29) is 18.8 Å². The molecule has 1 atom stereocenters. The second kappa shape index (κ2) is 9.14. The van der Waals surface area contributed by atoms with Crippen LogP contribution in [0, 0.1) is 0 Å². The molecular weight excluding hydrogens is 356 g/mol. The van der Waals surface area contributed by atoms with Crippen LogP contribution in [0.15, 0.2) is 0 Å². The van der Waals surface area contributed by atoms with Crippen LogP contribution >= 0.6 is 0 Å². The zero-order valence-electron chi connectivity index (χ0n) is 16.2. The zero-order chi connectivity index (χ0) is 19.3. The molecular formula is C17H32N4O4S. The van der Waals surface area contributed by atoms with Gasteiger partial charge >= 0.3 is 11.8 Å². The van der Waals surface area contributed by atoms with Crippen molar-refractivity contribution in [2.24, 2.45) is 0 Å².